The molecule has 1 saturated carbocycles. The molecule has 0 aromatic heterocycles. The molecule has 2 rings (SSSR count). The molecule has 0 radical (unpaired) electrons. The summed E-state index contributed by atoms with van der Waals surface area (Å²) in [6, 6.07) is -1.60. The van der Waals surface area contributed by atoms with E-state index in [0.29, 0.717) is 19.4 Å². The molecule has 1 aliphatic heterocycles. The number of hydrazine groups is 1. The van der Waals surface area contributed by atoms with Crippen LogP contribution in [0.15, 0.2) is 0 Å². The molecule has 0 bridgehead atoms. The van der Waals surface area contributed by atoms with Crippen molar-refractivity contribution in [1.29, 1.82) is 0 Å². The zero-order valence-corrected chi connectivity index (χ0v) is 9.02. The highest BCUT2D eigenvalue weighted by molar-refractivity contribution is 4.97. The van der Waals surface area contributed by atoms with Gasteiger partial charge in [-0.2, -0.15) is 13.2 Å². The molecule has 1 aliphatic carbocycles. The summed E-state index contributed by atoms with van der Waals surface area (Å²) in [5, 5.41) is 0. The van der Waals surface area contributed by atoms with Crippen LogP contribution in [-0.2, 0) is 4.74 Å². The lowest BCUT2D eigenvalue weighted by molar-refractivity contribution is -0.198. The zero-order chi connectivity index (χ0) is 11.8. The topological polar surface area (TPSA) is 47.3 Å². The van der Waals surface area contributed by atoms with Crippen LogP contribution in [0.25, 0.3) is 0 Å². The minimum Gasteiger partial charge on any atom is -0.375 e. The van der Waals surface area contributed by atoms with Gasteiger partial charge in [-0.1, -0.05) is 0 Å². The monoisotopic (exact) mass is 238 g/mol. The van der Waals surface area contributed by atoms with Gasteiger partial charge in [0.25, 0.3) is 0 Å². The van der Waals surface area contributed by atoms with Crippen LogP contribution in [0, 0.1) is 5.92 Å². The standard InChI is InChI=1S/C10H17F3N2O/c11-10(12,13)8(15-14)7-2-5-16-9(6-7)3-1-4-9/h7-8,15H,1-6,14H2. The normalized spacial score (nSPS) is 31.1. The summed E-state index contributed by atoms with van der Waals surface area (Å²) >= 11 is 0. The summed E-state index contributed by atoms with van der Waals surface area (Å²) in [6.45, 7) is 0.416. The van der Waals surface area contributed by atoms with Gasteiger partial charge in [0.2, 0.25) is 0 Å². The van der Waals surface area contributed by atoms with Gasteiger partial charge in [-0.15, -0.1) is 0 Å². The molecule has 0 amide bonds. The molecule has 3 nitrogen and oxygen atoms in total. The number of halogens is 3. The summed E-state index contributed by atoms with van der Waals surface area (Å²) in [5.41, 5.74) is 1.64. The van der Waals surface area contributed by atoms with Gasteiger partial charge in [-0.25, -0.2) is 5.43 Å². The summed E-state index contributed by atoms with van der Waals surface area (Å²) in [6.07, 6.45) is -0.546. The Hall–Kier alpha value is -0.330. The lowest BCUT2D eigenvalue weighted by atomic mass is 9.70. The summed E-state index contributed by atoms with van der Waals surface area (Å²) in [4.78, 5) is 0. The number of alkyl halides is 3. The Bertz CT molecular complexity index is 253. The van der Waals surface area contributed by atoms with Gasteiger partial charge in [-0.3, -0.25) is 5.84 Å². The molecule has 2 aliphatic rings. The van der Waals surface area contributed by atoms with Gasteiger partial charge in [0, 0.05) is 6.61 Å². The van der Waals surface area contributed by atoms with Crippen LogP contribution >= 0.6 is 0 Å². The summed E-state index contributed by atoms with van der Waals surface area (Å²) in [5.74, 6) is 4.57. The Morgan fingerprint density at radius 2 is 2.06 bits per heavy atom. The first-order valence-corrected chi connectivity index (χ1v) is 5.64. The molecule has 1 spiro atoms. The molecule has 2 fully saturated rings. The fourth-order valence-electron chi connectivity index (χ4n) is 2.77. The van der Waals surface area contributed by atoms with Crippen LogP contribution in [-0.4, -0.2) is 24.4 Å². The van der Waals surface area contributed by atoms with Crippen molar-refractivity contribution >= 4 is 0 Å². The van der Waals surface area contributed by atoms with Crippen LogP contribution in [0.3, 0.4) is 0 Å². The van der Waals surface area contributed by atoms with E-state index < -0.39 is 18.1 Å². The van der Waals surface area contributed by atoms with E-state index in [1.165, 1.54) is 0 Å². The fourth-order valence-corrected chi connectivity index (χ4v) is 2.77. The van der Waals surface area contributed by atoms with Crippen molar-refractivity contribution in [2.75, 3.05) is 6.61 Å². The van der Waals surface area contributed by atoms with E-state index >= 15 is 0 Å². The fraction of sp³-hybridized carbons (Fsp3) is 1.00. The Balaban J connectivity index is 2.02. The highest BCUT2D eigenvalue weighted by atomic mass is 19.4. The quantitative estimate of drug-likeness (QED) is 0.569. The average molecular weight is 238 g/mol. The minimum atomic E-state index is -4.28. The summed E-state index contributed by atoms with van der Waals surface area (Å²) < 4.78 is 43.7. The van der Waals surface area contributed by atoms with E-state index in [1.807, 2.05) is 5.43 Å². The second kappa shape index (κ2) is 4.16. The highest BCUT2D eigenvalue weighted by Gasteiger charge is 2.50. The van der Waals surface area contributed by atoms with E-state index in [4.69, 9.17) is 10.6 Å². The predicted octanol–water partition coefficient (Wildman–Crippen LogP) is 1.73. The molecular formula is C10H17F3N2O. The first-order chi connectivity index (χ1) is 7.47. The number of ether oxygens (including phenoxy) is 1. The first-order valence-electron chi connectivity index (χ1n) is 5.64. The SMILES string of the molecule is NNC(C1CCOC2(CCC2)C1)C(F)(F)F. The molecule has 2 unspecified atom stereocenters. The number of nitrogens with two attached hydrogens (primary N) is 1. The largest absolute Gasteiger partial charge is 0.405 e. The number of nitrogens with one attached hydrogen (secondary N) is 1. The molecule has 3 N–H and O–H groups in total. The van der Waals surface area contributed by atoms with Crippen LogP contribution in [0.5, 0.6) is 0 Å². The Kier molecular flexibility index (Phi) is 3.16. The first kappa shape index (κ1) is 12.1. The van der Waals surface area contributed by atoms with Crippen LogP contribution < -0.4 is 11.3 Å². The maximum absolute atomic E-state index is 12.7. The van der Waals surface area contributed by atoms with E-state index in [0.717, 1.165) is 19.3 Å². The van der Waals surface area contributed by atoms with E-state index in [1.54, 1.807) is 0 Å². The molecular weight excluding hydrogens is 221 g/mol. The van der Waals surface area contributed by atoms with Crippen LogP contribution in [0.1, 0.15) is 32.1 Å². The third-order valence-electron chi connectivity index (χ3n) is 3.80. The maximum atomic E-state index is 12.7. The molecule has 0 aromatic carbocycles. The van der Waals surface area contributed by atoms with E-state index in [2.05, 4.69) is 0 Å². The lowest BCUT2D eigenvalue weighted by Crippen LogP contribution is -2.56. The number of rotatable bonds is 2. The van der Waals surface area contributed by atoms with Crippen molar-refractivity contribution in [1.82, 2.24) is 5.43 Å². The third-order valence-corrected chi connectivity index (χ3v) is 3.80. The van der Waals surface area contributed by atoms with Gasteiger partial charge in [0.15, 0.2) is 0 Å². The van der Waals surface area contributed by atoms with Gasteiger partial charge in [-0.05, 0) is 38.0 Å². The zero-order valence-electron chi connectivity index (χ0n) is 9.02. The number of hydrogen-bond donors (Lipinski definition) is 2. The van der Waals surface area contributed by atoms with Gasteiger partial charge < -0.3 is 4.74 Å². The van der Waals surface area contributed by atoms with Crippen LogP contribution in [0.4, 0.5) is 13.2 Å². The molecule has 2 atom stereocenters. The predicted molar refractivity (Wildman–Crippen MR) is 52.4 cm³/mol. The Labute approximate surface area is 92.5 Å². The third kappa shape index (κ3) is 2.19. The van der Waals surface area contributed by atoms with E-state index in [-0.39, 0.29) is 5.60 Å². The molecule has 94 valence electrons. The second-order valence-electron chi connectivity index (χ2n) is 4.82. The molecule has 1 saturated heterocycles. The van der Waals surface area contributed by atoms with Crippen molar-refractivity contribution < 1.29 is 17.9 Å². The molecule has 0 aromatic rings. The molecule has 1 heterocycles. The lowest BCUT2D eigenvalue weighted by Gasteiger charge is -2.48. The highest BCUT2D eigenvalue weighted by Crippen LogP contribution is 2.46. The van der Waals surface area contributed by atoms with Crippen molar-refractivity contribution in [2.24, 2.45) is 11.8 Å². The molecule has 16 heavy (non-hydrogen) atoms. The second-order valence-corrected chi connectivity index (χ2v) is 4.82. The average Bonchev–Trinajstić information content (AvgIpc) is 2.15. The van der Waals surface area contributed by atoms with Gasteiger partial charge in [0.05, 0.1) is 5.60 Å². The number of hydrogen-bond acceptors (Lipinski definition) is 3. The maximum Gasteiger partial charge on any atom is 0.405 e. The Morgan fingerprint density at radius 1 is 1.38 bits per heavy atom. The Morgan fingerprint density at radius 3 is 2.50 bits per heavy atom. The van der Waals surface area contributed by atoms with Crippen molar-refractivity contribution in [2.45, 2.75) is 49.9 Å². The van der Waals surface area contributed by atoms with Gasteiger partial charge in [0.1, 0.15) is 6.04 Å². The van der Waals surface area contributed by atoms with E-state index in [9.17, 15) is 13.2 Å². The van der Waals surface area contributed by atoms with Crippen molar-refractivity contribution in [3.8, 4) is 0 Å². The minimum absolute atomic E-state index is 0.275. The smallest absolute Gasteiger partial charge is 0.375 e. The van der Waals surface area contributed by atoms with Gasteiger partial charge >= 0.3 is 6.18 Å². The summed E-state index contributed by atoms with van der Waals surface area (Å²) in [7, 11) is 0. The van der Waals surface area contributed by atoms with Crippen LogP contribution in [0.2, 0.25) is 0 Å². The van der Waals surface area contributed by atoms with Crippen molar-refractivity contribution in [3.05, 3.63) is 0 Å². The van der Waals surface area contributed by atoms with Crippen molar-refractivity contribution in [3.63, 3.8) is 0 Å². The molecule has 6 heteroatoms.